The third-order valence-corrected chi connectivity index (χ3v) is 10.5. The summed E-state index contributed by atoms with van der Waals surface area (Å²) in [5.41, 5.74) is -7.91. The van der Waals surface area contributed by atoms with Gasteiger partial charge in [0, 0.05) is 45.8 Å². The minimum Gasteiger partial charge on any atom is -0.464 e. The van der Waals surface area contributed by atoms with Crippen molar-refractivity contribution in [1.29, 1.82) is 0 Å². The SMILES string of the molecule is CCOC(=O)C(C=O)n1cc(-c2cc(F)cc3c2-c2ccccc2C3(O)C(F)(F)F)cn1.OCC(CO)n1cc(-c2cc(F)cc3c2-c2ccccc2C3(O)C(F)(F)F)cn1. The van der Waals surface area contributed by atoms with Crippen LogP contribution in [0.15, 0.2) is 97.6 Å². The molecule has 19 heteroatoms. The Kier molecular flexibility index (Phi) is 11.0. The van der Waals surface area contributed by atoms with Crippen LogP contribution in [0, 0.1) is 11.6 Å². The summed E-state index contributed by atoms with van der Waals surface area (Å²) in [6.07, 6.45) is -4.74. The van der Waals surface area contributed by atoms with Crippen molar-refractivity contribution in [3.05, 3.63) is 131 Å². The van der Waals surface area contributed by atoms with Gasteiger partial charge in [-0.2, -0.15) is 36.5 Å². The van der Waals surface area contributed by atoms with Crippen molar-refractivity contribution in [1.82, 2.24) is 19.6 Å². The molecule has 3 atom stereocenters. The zero-order chi connectivity index (χ0) is 44.2. The largest absolute Gasteiger partial charge is 0.464 e. The number of fused-ring (bicyclic) bond motifs is 6. The predicted octanol–water partition coefficient (Wildman–Crippen LogP) is 6.76. The van der Waals surface area contributed by atoms with E-state index in [1.807, 2.05) is 0 Å². The molecule has 2 aliphatic carbocycles. The smallest absolute Gasteiger partial charge is 0.425 e. The van der Waals surface area contributed by atoms with E-state index in [1.54, 1.807) is 6.92 Å². The van der Waals surface area contributed by atoms with E-state index in [-0.39, 0.29) is 56.7 Å². The second-order valence-electron chi connectivity index (χ2n) is 14.0. The van der Waals surface area contributed by atoms with E-state index >= 15 is 0 Å². The molecule has 0 amide bonds. The molecule has 0 bridgehead atoms. The number of hydrogen-bond donors (Lipinski definition) is 4. The first-order valence-corrected chi connectivity index (χ1v) is 18.2. The molecule has 2 heterocycles. The molecule has 4 N–H and O–H groups in total. The fourth-order valence-electron chi connectivity index (χ4n) is 7.74. The molecule has 3 unspecified atom stereocenters. The number of aliphatic hydroxyl groups excluding tert-OH is 2. The summed E-state index contributed by atoms with van der Waals surface area (Å²) in [4.78, 5) is 23.4. The van der Waals surface area contributed by atoms with Crippen LogP contribution in [-0.2, 0) is 25.5 Å². The number of carbonyl (C=O) groups is 2. The number of aliphatic hydroxyl groups is 4. The molecule has 318 valence electrons. The van der Waals surface area contributed by atoms with Gasteiger partial charge in [-0.15, -0.1) is 0 Å². The van der Waals surface area contributed by atoms with E-state index in [2.05, 4.69) is 10.2 Å². The van der Waals surface area contributed by atoms with Crippen molar-refractivity contribution in [3.8, 4) is 44.5 Å². The number of ether oxygens (including phenoxy) is 1. The maximum Gasteiger partial charge on any atom is 0.425 e. The number of carbonyl (C=O) groups excluding carboxylic acids is 2. The van der Waals surface area contributed by atoms with Gasteiger partial charge in [-0.05, 0) is 64.6 Å². The van der Waals surface area contributed by atoms with Gasteiger partial charge in [0.25, 0.3) is 0 Å². The highest BCUT2D eigenvalue weighted by atomic mass is 19.4. The van der Waals surface area contributed by atoms with Gasteiger partial charge in [0.15, 0.2) is 6.29 Å². The van der Waals surface area contributed by atoms with Crippen LogP contribution in [0.1, 0.15) is 41.3 Å². The van der Waals surface area contributed by atoms with Gasteiger partial charge in [-0.1, -0.05) is 48.5 Å². The fraction of sp³-hybridized carbons (Fsp3) is 0.238. The number of halogens is 8. The Hall–Kier alpha value is -6.28. The molecule has 0 aliphatic heterocycles. The Morgan fingerprint density at radius 1 is 0.705 bits per heavy atom. The van der Waals surface area contributed by atoms with Crippen LogP contribution in [0.2, 0.25) is 0 Å². The number of aldehydes is 1. The van der Waals surface area contributed by atoms with Crippen molar-refractivity contribution in [2.24, 2.45) is 0 Å². The highest BCUT2D eigenvalue weighted by Crippen LogP contribution is 2.59. The van der Waals surface area contributed by atoms with Gasteiger partial charge in [0.2, 0.25) is 17.2 Å². The minimum absolute atomic E-state index is 0.0137. The van der Waals surface area contributed by atoms with Crippen LogP contribution in [0.25, 0.3) is 44.5 Å². The standard InChI is InChI=1S/C22H16F4N2O4.C20H16F4N2O3/c1-2-32-20(30)18(11-29)28-10-12(9-27-28)15-7-13(23)8-17-19(15)14-5-3-4-6-16(14)21(17,31)22(24,25)26;21-12-5-15(11-7-25-26(8-11)13(9-27)10-28)18-14-3-1-2-4-16(14)19(29,17(18)6-12)20(22,23)24/h3-11,18,31H,2H2,1H3;1-8,13,27-29H,9-10H2. The van der Waals surface area contributed by atoms with E-state index in [1.165, 1.54) is 71.9 Å². The van der Waals surface area contributed by atoms with Crippen LogP contribution >= 0.6 is 0 Å². The van der Waals surface area contributed by atoms with E-state index in [0.717, 1.165) is 22.9 Å². The van der Waals surface area contributed by atoms with Crippen molar-refractivity contribution in [3.63, 3.8) is 0 Å². The summed E-state index contributed by atoms with van der Waals surface area (Å²) in [6, 6.07) is 12.2. The summed E-state index contributed by atoms with van der Waals surface area (Å²) in [5.74, 6) is -2.81. The quantitative estimate of drug-likeness (QED) is 0.0533. The Balaban J connectivity index is 0.000000185. The summed E-state index contributed by atoms with van der Waals surface area (Å²) in [6.45, 7) is 0.774. The molecule has 11 nitrogen and oxygen atoms in total. The van der Waals surface area contributed by atoms with Gasteiger partial charge >= 0.3 is 18.3 Å². The third kappa shape index (κ3) is 6.86. The molecule has 2 aromatic heterocycles. The molecule has 0 radical (unpaired) electrons. The molecule has 0 spiro atoms. The number of nitrogens with zero attached hydrogens (tertiary/aromatic N) is 4. The van der Waals surface area contributed by atoms with Crippen molar-refractivity contribution >= 4 is 12.3 Å². The van der Waals surface area contributed by atoms with Crippen LogP contribution in [-0.4, -0.2) is 84.4 Å². The summed E-state index contributed by atoms with van der Waals surface area (Å²) >= 11 is 0. The van der Waals surface area contributed by atoms with Gasteiger partial charge in [-0.3, -0.25) is 9.36 Å². The average Bonchev–Trinajstić information content (AvgIpc) is 4.00. The minimum atomic E-state index is -5.11. The van der Waals surface area contributed by atoms with Gasteiger partial charge in [0.05, 0.1) is 38.3 Å². The Bertz CT molecular complexity index is 2660. The molecule has 2 aliphatic rings. The first kappa shape index (κ1) is 42.8. The Labute approximate surface area is 339 Å². The van der Waals surface area contributed by atoms with Crippen molar-refractivity contribution < 1.29 is 69.9 Å². The highest BCUT2D eigenvalue weighted by Gasteiger charge is 2.62. The lowest BCUT2D eigenvalue weighted by atomic mass is 9.89. The van der Waals surface area contributed by atoms with E-state index in [0.29, 0.717) is 18.4 Å². The van der Waals surface area contributed by atoms with E-state index in [4.69, 9.17) is 4.74 Å². The summed E-state index contributed by atoms with van der Waals surface area (Å²) in [5, 5.41) is 48.1. The zero-order valence-electron chi connectivity index (χ0n) is 31.4. The first-order valence-electron chi connectivity index (χ1n) is 18.2. The van der Waals surface area contributed by atoms with Gasteiger partial charge in [-0.25, -0.2) is 13.6 Å². The van der Waals surface area contributed by atoms with Crippen molar-refractivity contribution in [2.75, 3.05) is 19.8 Å². The number of benzene rings is 4. The zero-order valence-corrected chi connectivity index (χ0v) is 31.4. The number of alkyl halides is 6. The first-order chi connectivity index (χ1) is 28.8. The molecular formula is C42H32F8N4O7. The molecule has 0 saturated carbocycles. The molecule has 8 rings (SSSR count). The molecular weight excluding hydrogens is 824 g/mol. The van der Waals surface area contributed by atoms with E-state index < -0.39 is 83.1 Å². The van der Waals surface area contributed by atoms with E-state index in [9.17, 15) is 65.1 Å². The summed E-state index contributed by atoms with van der Waals surface area (Å²) < 4.78 is 120. The lowest BCUT2D eigenvalue weighted by Crippen LogP contribution is -2.41. The molecule has 0 saturated heterocycles. The maximum absolute atomic E-state index is 14.5. The van der Waals surface area contributed by atoms with Crippen LogP contribution in [0.3, 0.4) is 0 Å². The fourth-order valence-corrected chi connectivity index (χ4v) is 7.74. The lowest BCUT2D eigenvalue weighted by Gasteiger charge is -2.28. The third-order valence-electron chi connectivity index (χ3n) is 10.5. The molecule has 0 fully saturated rings. The van der Waals surface area contributed by atoms with Crippen LogP contribution < -0.4 is 0 Å². The number of aromatic nitrogens is 4. The maximum atomic E-state index is 14.5. The lowest BCUT2D eigenvalue weighted by molar-refractivity contribution is -0.247. The average molecular weight is 857 g/mol. The number of rotatable bonds is 9. The highest BCUT2D eigenvalue weighted by molar-refractivity contribution is 5.94. The Morgan fingerprint density at radius 3 is 1.54 bits per heavy atom. The molecule has 61 heavy (non-hydrogen) atoms. The summed E-state index contributed by atoms with van der Waals surface area (Å²) in [7, 11) is 0. The predicted molar refractivity (Wildman–Crippen MR) is 199 cm³/mol. The molecule has 6 aromatic rings. The second kappa shape index (κ2) is 15.6. The van der Waals surface area contributed by atoms with Crippen LogP contribution in [0.5, 0.6) is 0 Å². The second-order valence-corrected chi connectivity index (χ2v) is 14.0. The van der Waals surface area contributed by atoms with Gasteiger partial charge in [0.1, 0.15) is 11.6 Å². The topological polar surface area (TPSA) is 160 Å². The van der Waals surface area contributed by atoms with Gasteiger partial charge < -0.3 is 30.0 Å². The Morgan fingerprint density at radius 2 is 1.13 bits per heavy atom. The molecule has 4 aromatic carbocycles. The normalized spacial score (nSPS) is 18.1. The van der Waals surface area contributed by atoms with Crippen molar-refractivity contribution in [2.45, 2.75) is 42.6 Å². The monoisotopic (exact) mass is 856 g/mol. The number of hydrogen-bond acceptors (Lipinski definition) is 9. The number of esters is 1. The van der Waals surface area contributed by atoms with Crippen LogP contribution in [0.4, 0.5) is 35.1 Å².